The first-order valence-electron chi connectivity index (χ1n) is 7.15. The minimum Gasteiger partial charge on any atom is -0.363 e. The molecule has 2 rings (SSSR count). The quantitative estimate of drug-likeness (QED) is 0.806. The van der Waals surface area contributed by atoms with Gasteiger partial charge in [0.1, 0.15) is 6.61 Å². The van der Waals surface area contributed by atoms with Crippen molar-refractivity contribution in [2.75, 3.05) is 32.8 Å². The number of nitrogens with zero attached hydrogens (tertiary/aromatic N) is 1. The van der Waals surface area contributed by atoms with E-state index >= 15 is 0 Å². The molecule has 2 saturated heterocycles. The Balaban J connectivity index is 1.80. The number of carbonyl (C=O) groups is 1. The van der Waals surface area contributed by atoms with E-state index < -0.39 is 0 Å². The summed E-state index contributed by atoms with van der Waals surface area (Å²) in [6.45, 7) is 10.3. The highest BCUT2D eigenvalue weighted by atomic mass is 16.5. The summed E-state index contributed by atoms with van der Waals surface area (Å²) < 4.78 is 5.72. The number of carbonyl (C=O) groups excluding carboxylic acids is 1. The number of hydrogen-bond donors (Lipinski definition) is 1. The molecule has 0 spiro atoms. The van der Waals surface area contributed by atoms with Gasteiger partial charge in [0, 0.05) is 26.2 Å². The number of likely N-dealkylation sites (tertiary alicyclic amines) is 1. The van der Waals surface area contributed by atoms with E-state index in [4.69, 9.17) is 4.74 Å². The third-order valence-electron chi connectivity index (χ3n) is 4.83. The van der Waals surface area contributed by atoms with Gasteiger partial charge in [0.05, 0.1) is 5.60 Å². The lowest BCUT2D eigenvalue weighted by Crippen LogP contribution is -2.59. The molecule has 104 valence electrons. The summed E-state index contributed by atoms with van der Waals surface area (Å²) in [5.41, 5.74) is 0.236. The fraction of sp³-hybridized carbons (Fsp3) is 0.929. The van der Waals surface area contributed by atoms with Crippen LogP contribution in [-0.4, -0.2) is 49.2 Å². The summed E-state index contributed by atoms with van der Waals surface area (Å²) in [6.07, 6.45) is 3.47. The minimum atomic E-state index is -0.123. The summed E-state index contributed by atoms with van der Waals surface area (Å²) in [4.78, 5) is 14.1. The first-order valence-corrected chi connectivity index (χ1v) is 7.15. The molecule has 0 unspecified atom stereocenters. The van der Waals surface area contributed by atoms with E-state index in [9.17, 15) is 4.79 Å². The third kappa shape index (κ3) is 2.69. The normalized spacial score (nSPS) is 24.9. The Morgan fingerprint density at radius 3 is 2.44 bits per heavy atom. The number of hydrogen-bond acceptors (Lipinski definition) is 3. The second kappa shape index (κ2) is 5.17. The van der Waals surface area contributed by atoms with Crippen LogP contribution in [0, 0.1) is 5.41 Å². The SMILES string of the molecule is CCC1(CC)CCN(C(=O)COC2(C)CNC2)C1. The van der Waals surface area contributed by atoms with E-state index in [0.29, 0.717) is 5.41 Å². The maximum Gasteiger partial charge on any atom is 0.248 e. The van der Waals surface area contributed by atoms with Gasteiger partial charge in [-0.05, 0) is 31.6 Å². The molecule has 0 aromatic rings. The molecule has 0 radical (unpaired) electrons. The fourth-order valence-electron chi connectivity index (χ4n) is 2.88. The smallest absolute Gasteiger partial charge is 0.248 e. The van der Waals surface area contributed by atoms with Crippen molar-refractivity contribution in [1.29, 1.82) is 0 Å². The molecule has 2 aliphatic heterocycles. The number of amides is 1. The number of ether oxygens (including phenoxy) is 1. The van der Waals surface area contributed by atoms with Gasteiger partial charge in [-0.25, -0.2) is 0 Å². The van der Waals surface area contributed by atoms with Crippen LogP contribution in [0.25, 0.3) is 0 Å². The van der Waals surface area contributed by atoms with Crippen molar-refractivity contribution in [3.63, 3.8) is 0 Å². The predicted octanol–water partition coefficient (Wildman–Crippen LogP) is 1.40. The van der Waals surface area contributed by atoms with Crippen LogP contribution in [0.2, 0.25) is 0 Å². The maximum atomic E-state index is 12.1. The molecule has 1 N–H and O–H groups in total. The van der Waals surface area contributed by atoms with E-state index in [0.717, 1.165) is 45.4 Å². The van der Waals surface area contributed by atoms with Crippen LogP contribution < -0.4 is 5.32 Å². The molecule has 2 heterocycles. The van der Waals surface area contributed by atoms with Crippen LogP contribution >= 0.6 is 0 Å². The molecule has 4 nitrogen and oxygen atoms in total. The topological polar surface area (TPSA) is 41.6 Å². The Bertz CT molecular complexity index is 309. The van der Waals surface area contributed by atoms with Crippen molar-refractivity contribution in [2.24, 2.45) is 5.41 Å². The zero-order valence-corrected chi connectivity index (χ0v) is 11.9. The first-order chi connectivity index (χ1) is 8.52. The van der Waals surface area contributed by atoms with Crippen molar-refractivity contribution in [3.8, 4) is 0 Å². The van der Waals surface area contributed by atoms with Crippen LogP contribution in [0.15, 0.2) is 0 Å². The van der Waals surface area contributed by atoms with Gasteiger partial charge >= 0.3 is 0 Å². The summed E-state index contributed by atoms with van der Waals surface area (Å²) in [7, 11) is 0. The lowest BCUT2D eigenvalue weighted by Gasteiger charge is -2.39. The Morgan fingerprint density at radius 1 is 1.33 bits per heavy atom. The van der Waals surface area contributed by atoms with E-state index in [1.165, 1.54) is 0 Å². The third-order valence-corrected chi connectivity index (χ3v) is 4.83. The van der Waals surface area contributed by atoms with Crippen molar-refractivity contribution in [3.05, 3.63) is 0 Å². The van der Waals surface area contributed by atoms with Gasteiger partial charge in [-0.15, -0.1) is 0 Å². The highest BCUT2D eigenvalue weighted by Gasteiger charge is 2.38. The molecule has 0 bridgehead atoms. The highest BCUT2D eigenvalue weighted by molar-refractivity contribution is 5.77. The Hall–Kier alpha value is -0.610. The summed E-state index contributed by atoms with van der Waals surface area (Å²) in [5.74, 6) is 0.159. The van der Waals surface area contributed by atoms with E-state index in [-0.39, 0.29) is 18.1 Å². The monoisotopic (exact) mass is 254 g/mol. The van der Waals surface area contributed by atoms with Crippen molar-refractivity contribution < 1.29 is 9.53 Å². The van der Waals surface area contributed by atoms with Gasteiger partial charge < -0.3 is 15.0 Å². The van der Waals surface area contributed by atoms with Gasteiger partial charge in [0.25, 0.3) is 0 Å². The minimum absolute atomic E-state index is 0.123. The van der Waals surface area contributed by atoms with E-state index in [1.54, 1.807) is 0 Å². The molecular weight excluding hydrogens is 228 g/mol. The van der Waals surface area contributed by atoms with Crippen LogP contribution in [0.5, 0.6) is 0 Å². The van der Waals surface area contributed by atoms with Crippen molar-refractivity contribution >= 4 is 5.91 Å². The summed E-state index contributed by atoms with van der Waals surface area (Å²) in [5, 5.41) is 3.18. The predicted molar refractivity (Wildman–Crippen MR) is 71.4 cm³/mol. The molecule has 0 aromatic carbocycles. The van der Waals surface area contributed by atoms with Crippen LogP contribution in [0.4, 0.5) is 0 Å². The largest absolute Gasteiger partial charge is 0.363 e. The molecule has 0 saturated carbocycles. The molecule has 18 heavy (non-hydrogen) atoms. The lowest BCUT2D eigenvalue weighted by atomic mass is 9.82. The maximum absolute atomic E-state index is 12.1. The molecule has 2 aliphatic rings. The highest BCUT2D eigenvalue weighted by Crippen LogP contribution is 2.36. The van der Waals surface area contributed by atoms with E-state index in [1.807, 2.05) is 4.90 Å². The Kier molecular flexibility index (Phi) is 3.97. The van der Waals surface area contributed by atoms with Gasteiger partial charge in [0.2, 0.25) is 5.91 Å². The second-order valence-corrected chi connectivity index (χ2v) is 6.11. The van der Waals surface area contributed by atoms with Gasteiger partial charge in [0.15, 0.2) is 0 Å². The van der Waals surface area contributed by atoms with Gasteiger partial charge in [-0.3, -0.25) is 4.79 Å². The molecule has 0 aliphatic carbocycles. The summed E-state index contributed by atoms with van der Waals surface area (Å²) >= 11 is 0. The van der Waals surface area contributed by atoms with Gasteiger partial charge in [-0.1, -0.05) is 13.8 Å². The molecule has 0 atom stereocenters. The standard InChI is InChI=1S/C14H26N2O2/c1-4-14(5-2)6-7-16(11-14)12(17)8-18-13(3)9-15-10-13/h15H,4-11H2,1-3H3. The van der Waals surface area contributed by atoms with Crippen molar-refractivity contribution in [2.45, 2.75) is 45.6 Å². The average molecular weight is 254 g/mol. The fourth-order valence-corrected chi connectivity index (χ4v) is 2.88. The molecule has 0 aromatic heterocycles. The zero-order chi connectivity index (χ0) is 13.2. The lowest BCUT2D eigenvalue weighted by molar-refractivity contribution is -0.145. The summed E-state index contributed by atoms with van der Waals surface area (Å²) in [6, 6.07) is 0. The second-order valence-electron chi connectivity index (χ2n) is 6.11. The molecule has 4 heteroatoms. The zero-order valence-electron chi connectivity index (χ0n) is 11.9. The number of nitrogens with one attached hydrogen (secondary N) is 1. The van der Waals surface area contributed by atoms with E-state index in [2.05, 4.69) is 26.1 Å². The average Bonchev–Trinajstić information content (AvgIpc) is 2.79. The Morgan fingerprint density at radius 2 is 2.00 bits per heavy atom. The molecule has 1 amide bonds. The Labute approximate surface area is 110 Å². The first kappa shape index (κ1) is 13.8. The molecule has 2 fully saturated rings. The number of rotatable bonds is 5. The molecular formula is C14H26N2O2. The van der Waals surface area contributed by atoms with Crippen LogP contribution in [0.3, 0.4) is 0 Å². The van der Waals surface area contributed by atoms with Crippen LogP contribution in [-0.2, 0) is 9.53 Å². The van der Waals surface area contributed by atoms with Crippen molar-refractivity contribution in [1.82, 2.24) is 10.2 Å². The van der Waals surface area contributed by atoms with Crippen LogP contribution in [0.1, 0.15) is 40.0 Å². The van der Waals surface area contributed by atoms with Gasteiger partial charge in [-0.2, -0.15) is 0 Å².